The van der Waals surface area contributed by atoms with Gasteiger partial charge in [0, 0.05) is 12.1 Å². The summed E-state index contributed by atoms with van der Waals surface area (Å²) in [5, 5.41) is 0.291. The van der Waals surface area contributed by atoms with Gasteiger partial charge in [-0.2, -0.15) is 0 Å². The number of nitrogens with zero attached hydrogens (tertiary/aromatic N) is 3. The Kier molecular flexibility index (Phi) is 2.16. The Hall–Kier alpha value is -1.88. The minimum Gasteiger partial charge on any atom is -0.494 e. The zero-order valence-electron chi connectivity index (χ0n) is 8.82. The van der Waals surface area contributed by atoms with E-state index in [1.54, 1.807) is 23.0 Å². The molecule has 1 aromatic carbocycles. The first kappa shape index (κ1) is 10.3. The fraction of sp³-hybridized carbons (Fsp3) is 0.0909. The molecule has 0 atom stereocenters. The van der Waals surface area contributed by atoms with E-state index in [1.165, 1.54) is 13.2 Å². The number of rotatable bonds is 1. The maximum Gasteiger partial charge on any atom is 0.167 e. The van der Waals surface area contributed by atoms with Crippen LogP contribution in [-0.2, 0) is 0 Å². The lowest BCUT2D eigenvalue weighted by Gasteiger charge is -2.06. The molecule has 0 unspecified atom stereocenters. The average molecular weight is 252 g/mol. The summed E-state index contributed by atoms with van der Waals surface area (Å²) in [7, 11) is 1.42. The van der Waals surface area contributed by atoms with Crippen molar-refractivity contribution >= 4 is 28.2 Å². The minimum absolute atomic E-state index is 0.164. The Morgan fingerprint density at radius 3 is 2.94 bits per heavy atom. The molecule has 0 aliphatic heterocycles. The summed E-state index contributed by atoms with van der Waals surface area (Å²) in [6.07, 6.45) is 3.20. The predicted octanol–water partition coefficient (Wildman–Crippen LogP) is 2.68. The van der Waals surface area contributed by atoms with Gasteiger partial charge < -0.3 is 4.74 Å². The predicted molar refractivity (Wildman–Crippen MR) is 62.0 cm³/mol. The lowest BCUT2D eigenvalue weighted by Crippen LogP contribution is -1.95. The molecule has 0 aliphatic carbocycles. The largest absolute Gasteiger partial charge is 0.494 e. The van der Waals surface area contributed by atoms with Crippen molar-refractivity contribution in [1.82, 2.24) is 14.4 Å². The van der Waals surface area contributed by atoms with Crippen LogP contribution in [0.2, 0.25) is 5.15 Å². The Labute approximate surface area is 101 Å². The highest BCUT2D eigenvalue weighted by atomic mass is 35.5. The van der Waals surface area contributed by atoms with E-state index in [9.17, 15) is 4.39 Å². The van der Waals surface area contributed by atoms with Crippen molar-refractivity contribution in [2.75, 3.05) is 7.11 Å². The smallest absolute Gasteiger partial charge is 0.167 e. The summed E-state index contributed by atoms with van der Waals surface area (Å²) >= 11 is 5.98. The zero-order valence-corrected chi connectivity index (χ0v) is 9.57. The van der Waals surface area contributed by atoms with Gasteiger partial charge in [0.05, 0.1) is 30.7 Å². The molecule has 4 nitrogen and oxygen atoms in total. The van der Waals surface area contributed by atoms with E-state index in [1.807, 2.05) is 0 Å². The number of ether oxygens (including phenoxy) is 1. The number of methoxy groups -OCH3 is 1. The Bertz CT molecular complexity index is 725. The molecule has 0 N–H and O–H groups in total. The molecule has 2 heterocycles. The second-order valence-corrected chi connectivity index (χ2v) is 3.88. The first-order valence-electron chi connectivity index (χ1n) is 4.85. The number of hydrogen-bond donors (Lipinski definition) is 0. The third kappa shape index (κ3) is 1.43. The molecule has 0 aliphatic rings. The van der Waals surface area contributed by atoms with Crippen molar-refractivity contribution in [2.24, 2.45) is 0 Å². The van der Waals surface area contributed by atoms with Crippen LogP contribution in [0, 0.1) is 5.82 Å². The van der Waals surface area contributed by atoms with Crippen molar-refractivity contribution < 1.29 is 9.13 Å². The molecule has 2 aromatic heterocycles. The lowest BCUT2D eigenvalue weighted by atomic mass is 10.2. The number of benzene rings is 1. The number of fused-ring (bicyclic) bond motifs is 3. The van der Waals surface area contributed by atoms with Crippen molar-refractivity contribution in [3.8, 4) is 5.75 Å². The van der Waals surface area contributed by atoms with Gasteiger partial charge in [0.1, 0.15) is 5.52 Å². The van der Waals surface area contributed by atoms with Crippen LogP contribution in [0.4, 0.5) is 4.39 Å². The molecule has 17 heavy (non-hydrogen) atoms. The topological polar surface area (TPSA) is 39.4 Å². The Morgan fingerprint density at radius 2 is 2.18 bits per heavy atom. The summed E-state index contributed by atoms with van der Waals surface area (Å²) in [4.78, 5) is 8.12. The molecule has 86 valence electrons. The first-order valence-corrected chi connectivity index (χ1v) is 5.23. The highest BCUT2D eigenvalue weighted by Crippen LogP contribution is 2.26. The third-order valence-corrected chi connectivity index (χ3v) is 2.86. The van der Waals surface area contributed by atoms with Gasteiger partial charge in [-0.05, 0) is 0 Å². The summed E-state index contributed by atoms with van der Waals surface area (Å²) in [5.74, 6) is -0.306. The number of halogens is 2. The Balaban J connectivity index is 2.51. The van der Waals surface area contributed by atoms with Gasteiger partial charge in [-0.1, -0.05) is 11.6 Å². The molecule has 3 aromatic rings. The van der Waals surface area contributed by atoms with Crippen molar-refractivity contribution in [3.05, 3.63) is 35.6 Å². The molecule has 6 heteroatoms. The van der Waals surface area contributed by atoms with Crippen LogP contribution in [-0.4, -0.2) is 21.5 Å². The van der Waals surface area contributed by atoms with Gasteiger partial charge in [0.15, 0.2) is 16.7 Å². The van der Waals surface area contributed by atoms with E-state index in [4.69, 9.17) is 16.3 Å². The van der Waals surface area contributed by atoms with Gasteiger partial charge in [-0.25, -0.2) is 14.4 Å². The molecule has 0 spiro atoms. The average Bonchev–Trinajstić information content (AvgIpc) is 2.78. The van der Waals surface area contributed by atoms with Gasteiger partial charge in [-0.3, -0.25) is 4.40 Å². The summed E-state index contributed by atoms with van der Waals surface area (Å²) in [5.41, 5.74) is 1.83. The molecule has 0 saturated carbocycles. The minimum atomic E-state index is -0.469. The second-order valence-electron chi connectivity index (χ2n) is 3.53. The molecule has 3 rings (SSSR count). The fourth-order valence-electron chi connectivity index (χ4n) is 1.77. The maximum atomic E-state index is 13.5. The van der Waals surface area contributed by atoms with Crippen LogP contribution in [0.5, 0.6) is 5.75 Å². The molecular weight excluding hydrogens is 245 g/mol. The van der Waals surface area contributed by atoms with E-state index in [0.717, 1.165) is 0 Å². The van der Waals surface area contributed by atoms with E-state index in [2.05, 4.69) is 9.97 Å². The molecule has 0 amide bonds. The molecule has 0 radical (unpaired) electrons. The zero-order chi connectivity index (χ0) is 12.0. The highest BCUT2D eigenvalue weighted by Gasteiger charge is 2.11. The van der Waals surface area contributed by atoms with Crippen LogP contribution in [0.1, 0.15) is 0 Å². The lowest BCUT2D eigenvalue weighted by molar-refractivity contribution is 0.387. The van der Waals surface area contributed by atoms with Gasteiger partial charge in [0.2, 0.25) is 0 Å². The third-order valence-electron chi connectivity index (χ3n) is 2.58. The number of aromatic nitrogens is 3. The first-order chi connectivity index (χ1) is 8.20. The maximum absolute atomic E-state index is 13.5. The van der Waals surface area contributed by atoms with E-state index in [0.29, 0.717) is 21.7 Å². The number of imidazole rings is 1. The quantitative estimate of drug-likeness (QED) is 0.668. The van der Waals surface area contributed by atoms with E-state index in [-0.39, 0.29) is 5.75 Å². The van der Waals surface area contributed by atoms with Crippen molar-refractivity contribution in [1.29, 1.82) is 0 Å². The standard InChI is InChI=1S/C11H7ClFN3O/c1-17-10-3-8-7(2-6(10)13)15-11(12)9-4-14-5-16(8)9/h2-5H,1H3. The molecule has 0 fully saturated rings. The van der Waals surface area contributed by atoms with Crippen LogP contribution in [0.15, 0.2) is 24.7 Å². The van der Waals surface area contributed by atoms with Crippen LogP contribution >= 0.6 is 11.6 Å². The summed E-state index contributed by atoms with van der Waals surface area (Å²) < 4.78 is 20.2. The second kappa shape index (κ2) is 3.56. The fourth-order valence-corrected chi connectivity index (χ4v) is 2.00. The van der Waals surface area contributed by atoms with Gasteiger partial charge in [0.25, 0.3) is 0 Å². The molecule has 0 bridgehead atoms. The molecule has 0 saturated heterocycles. The van der Waals surface area contributed by atoms with Crippen molar-refractivity contribution in [2.45, 2.75) is 0 Å². The van der Waals surface area contributed by atoms with E-state index >= 15 is 0 Å². The monoisotopic (exact) mass is 251 g/mol. The van der Waals surface area contributed by atoms with Crippen LogP contribution < -0.4 is 4.74 Å². The van der Waals surface area contributed by atoms with E-state index < -0.39 is 5.82 Å². The van der Waals surface area contributed by atoms with Gasteiger partial charge >= 0.3 is 0 Å². The summed E-state index contributed by atoms with van der Waals surface area (Å²) in [6.45, 7) is 0. The van der Waals surface area contributed by atoms with Crippen LogP contribution in [0.3, 0.4) is 0 Å². The summed E-state index contributed by atoms with van der Waals surface area (Å²) in [6, 6.07) is 2.86. The SMILES string of the molecule is COc1cc2c(cc1F)nc(Cl)c1cncn12. The normalized spacial score (nSPS) is 11.2. The number of hydrogen-bond acceptors (Lipinski definition) is 3. The van der Waals surface area contributed by atoms with Crippen LogP contribution in [0.25, 0.3) is 16.6 Å². The Morgan fingerprint density at radius 1 is 1.35 bits per heavy atom. The van der Waals surface area contributed by atoms with Crippen molar-refractivity contribution in [3.63, 3.8) is 0 Å². The molecular formula is C11H7ClFN3O. The highest BCUT2D eigenvalue weighted by molar-refractivity contribution is 6.33. The van der Waals surface area contributed by atoms with Gasteiger partial charge in [-0.15, -0.1) is 0 Å².